The first-order valence-electron chi connectivity index (χ1n) is 4.12. The molecule has 0 bridgehead atoms. The molecule has 0 unspecified atom stereocenters. The Morgan fingerprint density at radius 1 is 1.15 bits per heavy atom. The van der Waals surface area contributed by atoms with Gasteiger partial charge in [-0.05, 0) is 24.4 Å². The van der Waals surface area contributed by atoms with Gasteiger partial charge in [-0.2, -0.15) is 0 Å². The number of halogens is 1. The number of hydrogen-bond donors (Lipinski definition) is 1. The van der Waals surface area contributed by atoms with Crippen LogP contribution in [0.15, 0.2) is 30.3 Å². The summed E-state index contributed by atoms with van der Waals surface area (Å²) >= 11 is 0. The lowest BCUT2D eigenvalue weighted by Crippen LogP contribution is -1.88. The lowest BCUT2D eigenvalue weighted by atomic mass is 10.1. The standard InChI is InChI=1S/C11H10FN/c1-7-2-3-10-8(4-7)5-9(13)6-11(10)12/h2-6H,13H2,1H3. The Bertz CT molecular complexity index is 458. The molecule has 0 atom stereocenters. The summed E-state index contributed by atoms with van der Waals surface area (Å²) in [7, 11) is 0. The van der Waals surface area contributed by atoms with Crippen LogP contribution in [-0.2, 0) is 0 Å². The summed E-state index contributed by atoms with van der Waals surface area (Å²) in [5.41, 5.74) is 7.11. The second-order valence-electron chi connectivity index (χ2n) is 3.23. The van der Waals surface area contributed by atoms with Gasteiger partial charge in [0.25, 0.3) is 0 Å². The highest BCUT2D eigenvalue weighted by Gasteiger charge is 2.01. The Hall–Kier alpha value is -1.57. The Morgan fingerprint density at radius 2 is 1.92 bits per heavy atom. The molecule has 0 heterocycles. The zero-order valence-corrected chi connectivity index (χ0v) is 7.34. The first kappa shape index (κ1) is 8.05. The Labute approximate surface area is 76.0 Å². The first-order chi connectivity index (χ1) is 6.16. The van der Waals surface area contributed by atoms with Crippen molar-refractivity contribution < 1.29 is 4.39 Å². The van der Waals surface area contributed by atoms with E-state index < -0.39 is 0 Å². The van der Waals surface area contributed by atoms with E-state index in [-0.39, 0.29) is 5.82 Å². The van der Waals surface area contributed by atoms with Gasteiger partial charge in [0.2, 0.25) is 0 Å². The summed E-state index contributed by atoms with van der Waals surface area (Å²) in [6.45, 7) is 1.97. The summed E-state index contributed by atoms with van der Waals surface area (Å²) in [6, 6.07) is 8.72. The van der Waals surface area contributed by atoms with Crippen LogP contribution < -0.4 is 5.73 Å². The Morgan fingerprint density at radius 3 is 2.69 bits per heavy atom. The fourth-order valence-corrected chi connectivity index (χ4v) is 1.46. The molecule has 1 nitrogen and oxygen atoms in total. The van der Waals surface area contributed by atoms with Crippen molar-refractivity contribution in [2.45, 2.75) is 6.92 Å². The monoisotopic (exact) mass is 175 g/mol. The zero-order chi connectivity index (χ0) is 9.42. The number of aryl methyl sites for hydroxylation is 1. The predicted octanol–water partition coefficient (Wildman–Crippen LogP) is 2.87. The molecule has 0 fully saturated rings. The van der Waals surface area contributed by atoms with Crippen molar-refractivity contribution in [2.24, 2.45) is 0 Å². The van der Waals surface area contributed by atoms with Crippen molar-refractivity contribution >= 4 is 16.5 Å². The van der Waals surface area contributed by atoms with Gasteiger partial charge in [-0.1, -0.05) is 23.8 Å². The maximum Gasteiger partial charge on any atom is 0.133 e. The minimum atomic E-state index is -0.255. The molecule has 0 saturated heterocycles. The smallest absolute Gasteiger partial charge is 0.133 e. The molecule has 0 aliphatic rings. The predicted molar refractivity (Wildman–Crippen MR) is 53.1 cm³/mol. The van der Waals surface area contributed by atoms with Gasteiger partial charge in [-0.25, -0.2) is 4.39 Å². The van der Waals surface area contributed by atoms with Gasteiger partial charge in [0, 0.05) is 11.1 Å². The van der Waals surface area contributed by atoms with E-state index >= 15 is 0 Å². The molecular formula is C11H10FN. The number of hydrogen-bond acceptors (Lipinski definition) is 1. The van der Waals surface area contributed by atoms with Crippen molar-refractivity contribution in [1.29, 1.82) is 0 Å². The van der Waals surface area contributed by atoms with Crippen LogP contribution >= 0.6 is 0 Å². The number of benzene rings is 2. The van der Waals surface area contributed by atoms with E-state index in [0.29, 0.717) is 11.1 Å². The highest BCUT2D eigenvalue weighted by molar-refractivity contribution is 5.86. The molecule has 13 heavy (non-hydrogen) atoms. The third-order valence-electron chi connectivity index (χ3n) is 2.08. The zero-order valence-electron chi connectivity index (χ0n) is 7.34. The van der Waals surface area contributed by atoms with Crippen LogP contribution in [0.25, 0.3) is 10.8 Å². The van der Waals surface area contributed by atoms with Crippen molar-refractivity contribution in [3.8, 4) is 0 Å². The van der Waals surface area contributed by atoms with Gasteiger partial charge in [0.15, 0.2) is 0 Å². The number of fused-ring (bicyclic) bond motifs is 1. The van der Waals surface area contributed by atoms with Crippen LogP contribution in [0.4, 0.5) is 10.1 Å². The second-order valence-corrected chi connectivity index (χ2v) is 3.23. The maximum absolute atomic E-state index is 13.3. The molecule has 66 valence electrons. The summed E-state index contributed by atoms with van der Waals surface area (Å²) < 4.78 is 13.3. The Balaban J connectivity index is 2.86. The van der Waals surface area contributed by atoms with Gasteiger partial charge < -0.3 is 5.73 Å². The fourth-order valence-electron chi connectivity index (χ4n) is 1.46. The van der Waals surface area contributed by atoms with Crippen molar-refractivity contribution in [3.05, 3.63) is 41.7 Å². The van der Waals surface area contributed by atoms with Crippen LogP contribution in [0.1, 0.15) is 5.56 Å². The second kappa shape index (κ2) is 2.73. The van der Waals surface area contributed by atoms with Gasteiger partial charge in [-0.15, -0.1) is 0 Å². The van der Waals surface area contributed by atoms with E-state index in [2.05, 4.69) is 0 Å². The number of anilines is 1. The lowest BCUT2D eigenvalue weighted by molar-refractivity contribution is 0.640. The average Bonchev–Trinajstić information content (AvgIpc) is 2.02. The number of nitrogen functional groups attached to an aromatic ring is 1. The minimum Gasteiger partial charge on any atom is -0.399 e. The molecule has 0 spiro atoms. The number of nitrogens with two attached hydrogens (primary N) is 1. The van der Waals surface area contributed by atoms with Gasteiger partial charge in [0.1, 0.15) is 5.82 Å². The normalized spacial score (nSPS) is 10.6. The summed E-state index contributed by atoms with van der Waals surface area (Å²) in [5, 5.41) is 1.48. The quantitative estimate of drug-likeness (QED) is 0.612. The van der Waals surface area contributed by atoms with E-state index in [1.54, 1.807) is 12.1 Å². The van der Waals surface area contributed by atoms with Crippen LogP contribution in [0.3, 0.4) is 0 Å². The largest absolute Gasteiger partial charge is 0.399 e. The maximum atomic E-state index is 13.3. The molecule has 0 radical (unpaired) electrons. The molecule has 2 rings (SSSR count). The molecular weight excluding hydrogens is 165 g/mol. The van der Waals surface area contributed by atoms with Gasteiger partial charge in [-0.3, -0.25) is 0 Å². The number of rotatable bonds is 0. The molecule has 0 saturated carbocycles. The van der Waals surface area contributed by atoms with E-state index in [1.165, 1.54) is 6.07 Å². The molecule has 0 aliphatic carbocycles. The SMILES string of the molecule is Cc1ccc2c(F)cc(N)cc2c1. The van der Waals surface area contributed by atoms with Crippen molar-refractivity contribution in [1.82, 2.24) is 0 Å². The van der Waals surface area contributed by atoms with E-state index in [9.17, 15) is 4.39 Å². The summed E-state index contributed by atoms with van der Waals surface area (Å²) in [5.74, 6) is -0.255. The van der Waals surface area contributed by atoms with Gasteiger partial charge >= 0.3 is 0 Å². The molecule has 2 aromatic rings. The first-order valence-corrected chi connectivity index (χ1v) is 4.12. The fraction of sp³-hybridized carbons (Fsp3) is 0.0909. The highest BCUT2D eigenvalue weighted by atomic mass is 19.1. The van der Waals surface area contributed by atoms with Crippen LogP contribution in [0, 0.1) is 12.7 Å². The van der Waals surface area contributed by atoms with Crippen LogP contribution in [0.5, 0.6) is 0 Å². The van der Waals surface area contributed by atoms with Crippen molar-refractivity contribution in [3.63, 3.8) is 0 Å². The molecule has 0 aliphatic heterocycles. The van der Waals surface area contributed by atoms with Gasteiger partial charge in [0.05, 0.1) is 0 Å². The third-order valence-corrected chi connectivity index (χ3v) is 2.08. The van der Waals surface area contributed by atoms with E-state index in [4.69, 9.17) is 5.73 Å². The topological polar surface area (TPSA) is 26.0 Å². The lowest BCUT2D eigenvalue weighted by Gasteiger charge is -2.02. The van der Waals surface area contributed by atoms with Crippen LogP contribution in [-0.4, -0.2) is 0 Å². The molecule has 0 amide bonds. The van der Waals surface area contributed by atoms with E-state index in [0.717, 1.165) is 10.9 Å². The van der Waals surface area contributed by atoms with Crippen molar-refractivity contribution in [2.75, 3.05) is 5.73 Å². The highest BCUT2D eigenvalue weighted by Crippen LogP contribution is 2.22. The average molecular weight is 175 g/mol. The summed E-state index contributed by atoms with van der Waals surface area (Å²) in [4.78, 5) is 0. The summed E-state index contributed by atoms with van der Waals surface area (Å²) in [6.07, 6.45) is 0. The molecule has 2 N–H and O–H groups in total. The molecule has 2 aromatic carbocycles. The molecule has 2 heteroatoms. The molecule has 0 aromatic heterocycles. The third kappa shape index (κ3) is 1.35. The van der Waals surface area contributed by atoms with E-state index in [1.807, 2.05) is 19.1 Å². The minimum absolute atomic E-state index is 0.255. The Kier molecular flexibility index (Phi) is 1.69. The van der Waals surface area contributed by atoms with Crippen LogP contribution in [0.2, 0.25) is 0 Å².